The molecule has 2 saturated heterocycles. The molecule has 7 nitrogen and oxygen atoms in total. The molecular weight excluding hydrogens is 543 g/mol. The quantitative estimate of drug-likeness (QED) is 0.429. The van der Waals surface area contributed by atoms with Gasteiger partial charge in [-0.3, -0.25) is 19.5 Å². The second kappa shape index (κ2) is 10.1. The minimum Gasteiger partial charge on any atom is -0.473 e. The summed E-state index contributed by atoms with van der Waals surface area (Å²) in [7, 11) is 0. The van der Waals surface area contributed by atoms with Gasteiger partial charge in [0.1, 0.15) is 6.10 Å². The number of hydrogen-bond acceptors (Lipinski definition) is 7. The van der Waals surface area contributed by atoms with E-state index < -0.39 is 0 Å². The van der Waals surface area contributed by atoms with E-state index in [1.165, 1.54) is 16.2 Å². The van der Waals surface area contributed by atoms with Crippen molar-refractivity contribution in [1.29, 1.82) is 0 Å². The molecule has 0 radical (unpaired) electrons. The Morgan fingerprint density at radius 3 is 2.61 bits per heavy atom. The highest BCUT2D eigenvalue weighted by molar-refractivity contribution is 7.19. The summed E-state index contributed by atoms with van der Waals surface area (Å²) in [6, 6.07) is 5.77. The maximum Gasteiger partial charge on any atom is 0.234 e. The van der Waals surface area contributed by atoms with Gasteiger partial charge in [-0.2, -0.15) is 0 Å². The minimum atomic E-state index is -0.205. The summed E-state index contributed by atoms with van der Waals surface area (Å²) in [4.78, 5) is 37.0. The van der Waals surface area contributed by atoms with Crippen molar-refractivity contribution >= 4 is 69.8 Å². The molecule has 2 unspecified atom stereocenters. The number of likely N-dealkylation sites (tertiary alicyclic amines) is 1. The zero-order valence-corrected chi connectivity index (χ0v) is 23.0. The van der Waals surface area contributed by atoms with Crippen LogP contribution in [0.4, 0.5) is 0 Å². The number of amides is 2. The Morgan fingerprint density at radius 1 is 1.17 bits per heavy atom. The first kappa shape index (κ1) is 27.1. The third-order valence-corrected chi connectivity index (χ3v) is 8.66. The topological polar surface area (TPSA) is 84.4 Å². The van der Waals surface area contributed by atoms with Crippen molar-refractivity contribution in [3.8, 4) is 17.0 Å². The summed E-state index contributed by atoms with van der Waals surface area (Å²) in [6.45, 7) is 6.06. The SMILES string of the molecule is CC1(C)C2C(=O)N(Cc3cc4nccc(-c5cc(Cl)cnc5O[C@H]5CCCNC5)c4s3)C(=O)C21.Cl.Cl. The first-order valence-corrected chi connectivity index (χ1v) is 12.8. The lowest BCUT2D eigenvalue weighted by atomic mass is 10.1. The van der Waals surface area contributed by atoms with Gasteiger partial charge in [0.15, 0.2) is 0 Å². The Balaban J connectivity index is 0.00000152. The molecule has 3 atom stereocenters. The monoisotopic (exact) mass is 568 g/mol. The van der Waals surface area contributed by atoms with E-state index in [0.29, 0.717) is 10.9 Å². The molecule has 11 heteroatoms. The molecule has 2 amide bonds. The van der Waals surface area contributed by atoms with Gasteiger partial charge in [0.05, 0.1) is 33.6 Å². The number of nitrogens with zero attached hydrogens (tertiary/aromatic N) is 3. The standard InChI is InChI=1S/C25H25ClN4O3S.2ClH/c1-25(2)19-20(25)24(32)30(23(19)31)12-15-9-18-21(34-15)16(5-7-28-18)17-8-13(26)10-29-22(17)33-14-4-3-6-27-11-14;;/h5,7-10,14,19-20,27H,3-4,6,11-12H2,1-2H3;2*1H/t14-,19?,20?;;/m0../s1. The van der Waals surface area contributed by atoms with Crippen LogP contribution in [0.3, 0.4) is 0 Å². The van der Waals surface area contributed by atoms with E-state index in [2.05, 4.69) is 15.3 Å². The van der Waals surface area contributed by atoms with Crippen LogP contribution in [0.15, 0.2) is 30.6 Å². The van der Waals surface area contributed by atoms with Crippen molar-refractivity contribution in [2.75, 3.05) is 13.1 Å². The van der Waals surface area contributed by atoms with Crippen molar-refractivity contribution in [3.63, 3.8) is 0 Å². The lowest BCUT2D eigenvalue weighted by Crippen LogP contribution is -2.37. The number of carbonyl (C=O) groups is 2. The molecule has 1 saturated carbocycles. The van der Waals surface area contributed by atoms with Crippen LogP contribution < -0.4 is 10.1 Å². The summed E-state index contributed by atoms with van der Waals surface area (Å²) in [6.07, 6.45) is 5.45. The molecule has 192 valence electrons. The molecule has 0 bridgehead atoms. The highest BCUT2D eigenvalue weighted by atomic mass is 35.5. The van der Waals surface area contributed by atoms with Crippen LogP contribution in [-0.2, 0) is 16.1 Å². The second-order valence-electron chi connectivity index (χ2n) is 9.92. The number of fused-ring (bicyclic) bond motifs is 2. The molecule has 6 rings (SSSR count). The fraction of sp³-hybridized carbons (Fsp3) is 0.440. The molecule has 0 spiro atoms. The van der Waals surface area contributed by atoms with Crippen LogP contribution in [0.2, 0.25) is 5.02 Å². The molecule has 3 fully saturated rings. The van der Waals surface area contributed by atoms with Crippen LogP contribution in [0, 0.1) is 17.3 Å². The number of ether oxygens (including phenoxy) is 1. The summed E-state index contributed by atoms with van der Waals surface area (Å²) < 4.78 is 7.23. The zero-order chi connectivity index (χ0) is 23.6. The first-order valence-electron chi connectivity index (χ1n) is 11.6. The number of thiophene rings is 1. The fourth-order valence-corrected chi connectivity index (χ4v) is 6.67. The molecule has 0 aromatic carbocycles. The molecule has 5 heterocycles. The summed E-state index contributed by atoms with van der Waals surface area (Å²) in [5.41, 5.74) is 2.35. The van der Waals surface area contributed by atoms with Gasteiger partial charge < -0.3 is 10.1 Å². The van der Waals surface area contributed by atoms with E-state index in [1.807, 2.05) is 32.0 Å². The number of nitrogens with one attached hydrogen (secondary N) is 1. The van der Waals surface area contributed by atoms with Crippen molar-refractivity contribution in [2.24, 2.45) is 17.3 Å². The molecule has 36 heavy (non-hydrogen) atoms. The van der Waals surface area contributed by atoms with E-state index in [-0.39, 0.29) is 66.5 Å². The van der Waals surface area contributed by atoms with Gasteiger partial charge in [0, 0.05) is 34.9 Å². The molecule has 3 aromatic heterocycles. The fourth-order valence-electron chi connectivity index (χ4n) is 5.39. The van der Waals surface area contributed by atoms with Gasteiger partial charge in [0.25, 0.3) is 0 Å². The number of halogens is 3. The van der Waals surface area contributed by atoms with Crippen LogP contribution in [-0.4, -0.2) is 45.9 Å². The maximum atomic E-state index is 12.8. The Hall–Kier alpha value is -1.97. The summed E-state index contributed by atoms with van der Waals surface area (Å²) >= 11 is 7.87. The number of carbonyl (C=O) groups excluding carboxylic acids is 2. The van der Waals surface area contributed by atoms with Crippen LogP contribution in [0.25, 0.3) is 21.3 Å². The average Bonchev–Trinajstić information content (AvgIpc) is 3.06. The van der Waals surface area contributed by atoms with E-state index in [0.717, 1.165) is 52.2 Å². The van der Waals surface area contributed by atoms with Crippen molar-refractivity contribution in [3.05, 3.63) is 40.5 Å². The van der Waals surface area contributed by atoms with Crippen molar-refractivity contribution < 1.29 is 14.3 Å². The van der Waals surface area contributed by atoms with E-state index in [1.54, 1.807) is 12.4 Å². The third kappa shape index (κ3) is 4.47. The minimum absolute atomic E-state index is 0. The molecule has 1 N–H and O–H groups in total. The van der Waals surface area contributed by atoms with Crippen molar-refractivity contribution in [1.82, 2.24) is 20.2 Å². The normalized spacial score (nSPS) is 24.2. The number of pyridine rings is 2. The Kier molecular flexibility index (Phi) is 7.57. The maximum absolute atomic E-state index is 12.8. The number of rotatable bonds is 5. The predicted octanol–water partition coefficient (Wildman–Crippen LogP) is 5.13. The highest BCUT2D eigenvalue weighted by Crippen LogP contribution is 2.63. The lowest BCUT2D eigenvalue weighted by molar-refractivity contribution is -0.143. The molecule has 3 aliphatic rings. The number of piperidine rings is 2. The summed E-state index contributed by atoms with van der Waals surface area (Å²) in [5, 5.41) is 3.89. The predicted molar refractivity (Wildman–Crippen MR) is 145 cm³/mol. The van der Waals surface area contributed by atoms with Gasteiger partial charge in [0.2, 0.25) is 17.7 Å². The summed E-state index contributed by atoms with van der Waals surface area (Å²) in [5.74, 6) is 0.0971. The first-order chi connectivity index (χ1) is 16.3. The molecule has 3 aromatic rings. The Labute approximate surface area is 230 Å². The van der Waals surface area contributed by atoms with E-state index >= 15 is 0 Å². The molecule has 1 aliphatic carbocycles. The van der Waals surface area contributed by atoms with Gasteiger partial charge in [-0.1, -0.05) is 25.4 Å². The number of aromatic nitrogens is 2. The smallest absolute Gasteiger partial charge is 0.234 e. The van der Waals surface area contributed by atoms with Crippen LogP contribution in [0.1, 0.15) is 31.6 Å². The number of imide groups is 1. The van der Waals surface area contributed by atoms with Gasteiger partial charge >= 0.3 is 0 Å². The van der Waals surface area contributed by atoms with Gasteiger partial charge in [-0.05, 0) is 43.0 Å². The van der Waals surface area contributed by atoms with E-state index in [9.17, 15) is 9.59 Å². The Morgan fingerprint density at radius 2 is 1.92 bits per heavy atom. The van der Waals surface area contributed by atoms with Gasteiger partial charge in [-0.15, -0.1) is 36.2 Å². The van der Waals surface area contributed by atoms with Crippen LogP contribution >= 0.6 is 47.8 Å². The lowest BCUT2D eigenvalue weighted by Gasteiger charge is -2.24. The zero-order valence-electron chi connectivity index (χ0n) is 19.8. The highest BCUT2D eigenvalue weighted by Gasteiger charge is 2.72. The largest absolute Gasteiger partial charge is 0.473 e. The molecule has 2 aliphatic heterocycles. The van der Waals surface area contributed by atoms with Crippen molar-refractivity contribution in [2.45, 2.75) is 39.3 Å². The van der Waals surface area contributed by atoms with E-state index in [4.69, 9.17) is 16.3 Å². The van der Waals surface area contributed by atoms with Crippen LogP contribution in [0.5, 0.6) is 5.88 Å². The third-order valence-electron chi connectivity index (χ3n) is 7.31. The average molecular weight is 570 g/mol. The Bertz CT molecular complexity index is 1300. The number of hydrogen-bond donors (Lipinski definition) is 1. The molecular formula is C25H27Cl3N4O3S. The second-order valence-corrected chi connectivity index (χ2v) is 11.5. The van der Waals surface area contributed by atoms with Gasteiger partial charge in [-0.25, -0.2) is 4.98 Å².